The molecule has 12 heavy (non-hydrogen) atoms. The maximum absolute atomic E-state index is 8.85. The van der Waals surface area contributed by atoms with Crippen molar-refractivity contribution in [2.45, 2.75) is 26.2 Å². The van der Waals surface area contributed by atoms with Gasteiger partial charge < -0.3 is 0 Å². The number of aryl methyl sites for hydroxylation is 1. The van der Waals surface area contributed by atoms with Crippen molar-refractivity contribution in [3.05, 3.63) is 11.4 Å². The van der Waals surface area contributed by atoms with Crippen molar-refractivity contribution in [2.75, 3.05) is 0 Å². The van der Waals surface area contributed by atoms with E-state index in [1.807, 2.05) is 27.8 Å². The van der Waals surface area contributed by atoms with Crippen LogP contribution >= 0.6 is 0 Å². The van der Waals surface area contributed by atoms with E-state index >= 15 is 0 Å². The molecule has 0 spiro atoms. The van der Waals surface area contributed by atoms with Gasteiger partial charge in [0.05, 0.1) is 17.2 Å². The van der Waals surface area contributed by atoms with Gasteiger partial charge in [0.15, 0.2) is 0 Å². The van der Waals surface area contributed by atoms with Crippen molar-refractivity contribution in [2.24, 2.45) is 7.05 Å². The molecule has 0 bridgehead atoms. The molecule has 0 aromatic carbocycles. The molecule has 0 unspecified atom stereocenters. The van der Waals surface area contributed by atoms with Crippen LogP contribution in [0.5, 0.6) is 0 Å². The molecule has 0 amide bonds. The topological polar surface area (TPSA) is 54.5 Å². The van der Waals surface area contributed by atoms with E-state index in [0.717, 1.165) is 11.4 Å². The zero-order valence-corrected chi connectivity index (χ0v) is 7.79. The fourth-order valence-electron chi connectivity index (χ4n) is 1.03. The van der Waals surface area contributed by atoms with Gasteiger partial charge in [-0.1, -0.05) is 5.21 Å². The molecule has 0 aliphatic rings. The summed E-state index contributed by atoms with van der Waals surface area (Å²) >= 11 is 0. The Morgan fingerprint density at radius 1 is 1.50 bits per heavy atom. The first kappa shape index (κ1) is 8.72. The summed E-state index contributed by atoms with van der Waals surface area (Å²) in [5.41, 5.74) is 1.16. The van der Waals surface area contributed by atoms with Crippen molar-refractivity contribution >= 4 is 0 Å². The van der Waals surface area contributed by atoms with Gasteiger partial charge in [0.2, 0.25) is 0 Å². The molecule has 0 N–H and O–H groups in total. The minimum atomic E-state index is -0.543. The van der Waals surface area contributed by atoms with Crippen molar-refractivity contribution in [1.29, 1.82) is 5.26 Å². The highest BCUT2D eigenvalue weighted by atomic mass is 15.4. The number of hydrogen-bond acceptors (Lipinski definition) is 3. The van der Waals surface area contributed by atoms with Crippen molar-refractivity contribution in [3.8, 4) is 6.07 Å². The second kappa shape index (κ2) is 2.59. The SMILES string of the molecule is Cc1c(C(C)(C)C#N)nnn1C. The highest BCUT2D eigenvalue weighted by molar-refractivity contribution is 5.25. The zero-order valence-electron chi connectivity index (χ0n) is 7.79. The first-order valence-corrected chi connectivity index (χ1v) is 3.77. The minimum absolute atomic E-state index is 0.543. The second-order valence-corrected chi connectivity index (χ2v) is 3.38. The molecule has 4 heteroatoms. The Morgan fingerprint density at radius 2 is 2.08 bits per heavy atom. The maximum atomic E-state index is 8.85. The molecule has 0 radical (unpaired) electrons. The van der Waals surface area contributed by atoms with Crippen LogP contribution in [0.25, 0.3) is 0 Å². The largest absolute Gasteiger partial charge is 0.252 e. The summed E-state index contributed by atoms with van der Waals surface area (Å²) < 4.78 is 1.68. The Labute approximate surface area is 71.8 Å². The average Bonchev–Trinajstić information content (AvgIpc) is 2.33. The standard InChI is InChI=1S/C8H12N4/c1-6-7(8(2,3)5-9)10-11-12(6)4/h1-4H3. The Balaban J connectivity index is 3.22. The highest BCUT2D eigenvalue weighted by Crippen LogP contribution is 2.21. The lowest BCUT2D eigenvalue weighted by Gasteiger charge is -2.11. The fourth-order valence-corrected chi connectivity index (χ4v) is 1.03. The molecule has 64 valence electrons. The molecule has 0 atom stereocenters. The molecule has 1 heterocycles. The van der Waals surface area contributed by atoms with Gasteiger partial charge in [-0.2, -0.15) is 5.26 Å². The zero-order chi connectivity index (χ0) is 9.35. The smallest absolute Gasteiger partial charge is 0.105 e. The summed E-state index contributed by atoms with van der Waals surface area (Å²) in [5, 5.41) is 16.6. The van der Waals surface area contributed by atoms with E-state index in [-0.39, 0.29) is 0 Å². The van der Waals surface area contributed by atoms with Crippen LogP contribution in [0.1, 0.15) is 25.2 Å². The van der Waals surface area contributed by atoms with Gasteiger partial charge in [-0.15, -0.1) is 5.10 Å². The lowest BCUT2D eigenvalue weighted by Crippen LogP contribution is -2.16. The normalized spacial score (nSPS) is 11.2. The summed E-state index contributed by atoms with van der Waals surface area (Å²) in [6.07, 6.45) is 0. The van der Waals surface area contributed by atoms with E-state index in [9.17, 15) is 0 Å². The monoisotopic (exact) mass is 164 g/mol. The maximum Gasteiger partial charge on any atom is 0.105 e. The van der Waals surface area contributed by atoms with Gasteiger partial charge in [0.1, 0.15) is 5.69 Å². The van der Waals surface area contributed by atoms with Crippen LogP contribution in [0, 0.1) is 18.3 Å². The van der Waals surface area contributed by atoms with Gasteiger partial charge in [0.25, 0.3) is 0 Å². The first-order valence-electron chi connectivity index (χ1n) is 3.77. The predicted molar refractivity (Wildman–Crippen MR) is 44.4 cm³/mol. The number of rotatable bonds is 1. The summed E-state index contributed by atoms with van der Waals surface area (Å²) in [5.74, 6) is 0. The summed E-state index contributed by atoms with van der Waals surface area (Å²) in [7, 11) is 1.82. The third kappa shape index (κ3) is 1.18. The average molecular weight is 164 g/mol. The van der Waals surface area contributed by atoms with Crippen LogP contribution < -0.4 is 0 Å². The lowest BCUT2D eigenvalue weighted by molar-refractivity contribution is 0.650. The number of aromatic nitrogens is 3. The third-order valence-corrected chi connectivity index (χ3v) is 1.98. The molecular weight excluding hydrogens is 152 g/mol. The second-order valence-electron chi connectivity index (χ2n) is 3.38. The van der Waals surface area contributed by atoms with Crippen LogP contribution in [0.15, 0.2) is 0 Å². The van der Waals surface area contributed by atoms with Crippen molar-refractivity contribution in [1.82, 2.24) is 15.0 Å². The Hall–Kier alpha value is -1.37. The van der Waals surface area contributed by atoms with Gasteiger partial charge in [0, 0.05) is 7.05 Å². The van der Waals surface area contributed by atoms with E-state index in [1.165, 1.54) is 0 Å². The lowest BCUT2D eigenvalue weighted by atomic mass is 9.90. The van der Waals surface area contributed by atoms with Crippen LogP contribution in [-0.2, 0) is 12.5 Å². The van der Waals surface area contributed by atoms with Crippen LogP contribution in [0.2, 0.25) is 0 Å². The summed E-state index contributed by atoms with van der Waals surface area (Å²) in [6, 6.07) is 2.20. The molecule has 0 saturated heterocycles. The molecular formula is C8H12N4. The summed E-state index contributed by atoms with van der Waals surface area (Å²) in [6.45, 7) is 5.59. The first-order chi connectivity index (χ1) is 5.49. The molecule has 1 rings (SSSR count). The van der Waals surface area contributed by atoms with Crippen LogP contribution in [-0.4, -0.2) is 15.0 Å². The van der Waals surface area contributed by atoms with E-state index in [0.29, 0.717) is 0 Å². The van der Waals surface area contributed by atoms with Gasteiger partial charge in [-0.3, -0.25) is 4.68 Å². The van der Waals surface area contributed by atoms with Gasteiger partial charge in [-0.25, -0.2) is 0 Å². The van der Waals surface area contributed by atoms with E-state index < -0.39 is 5.41 Å². The van der Waals surface area contributed by atoms with Gasteiger partial charge >= 0.3 is 0 Å². The third-order valence-electron chi connectivity index (χ3n) is 1.98. The number of hydrogen-bond donors (Lipinski definition) is 0. The molecule has 1 aromatic heterocycles. The number of nitriles is 1. The molecule has 0 aliphatic heterocycles. The van der Waals surface area contributed by atoms with Crippen LogP contribution in [0.4, 0.5) is 0 Å². The molecule has 4 nitrogen and oxygen atoms in total. The predicted octanol–water partition coefficient (Wildman–Crippen LogP) is 0.925. The quantitative estimate of drug-likeness (QED) is 0.620. The Kier molecular flexibility index (Phi) is 1.89. The van der Waals surface area contributed by atoms with Crippen molar-refractivity contribution < 1.29 is 0 Å². The molecule has 0 saturated carbocycles. The van der Waals surface area contributed by atoms with E-state index in [1.54, 1.807) is 4.68 Å². The Bertz CT molecular complexity index is 329. The fraction of sp³-hybridized carbons (Fsp3) is 0.625. The molecule has 0 fully saturated rings. The van der Waals surface area contributed by atoms with Crippen molar-refractivity contribution in [3.63, 3.8) is 0 Å². The number of nitrogens with zero attached hydrogens (tertiary/aromatic N) is 4. The minimum Gasteiger partial charge on any atom is -0.252 e. The molecule has 1 aromatic rings. The Morgan fingerprint density at radius 3 is 2.42 bits per heavy atom. The highest BCUT2D eigenvalue weighted by Gasteiger charge is 2.26. The molecule has 0 aliphatic carbocycles. The van der Waals surface area contributed by atoms with Crippen LogP contribution in [0.3, 0.4) is 0 Å². The van der Waals surface area contributed by atoms with Gasteiger partial charge in [-0.05, 0) is 20.8 Å². The van der Waals surface area contributed by atoms with E-state index in [4.69, 9.17) is 5.26 Å². The van der Waals surface area contributed by atoms with E-state index in [2.05, 4.69) is 16.4 Å². The summed E-state index contributed by atoms with van der Waals surface area (Å²) in [4.78, 5) is 0.